The maximum absolute atomic E-state index is 10.6. The number of carbonyl (C=O) groups excluding carboxylic acids is 2. The summed E-state index contributed by atoms with van der Waals surface area (Å²) in [6, 6.07) is -0.986. The standard InChI is InChI=1S/C5H8N2O3/c1-3-2-10-5(9)7(3)4(6)8/h3H,2H2,1H3,(H2,6,8). The highest BCUT2D eigenvalue weighted by atomic mass is 16.6. The van der Waals surface area contributed by atoms with Crippen LogP contribution in [0.1, 0.15) is 6.92 Å². The van der Waals surface area contributed by atoms with Crippen molar-refractivity contribution in [3.63, 3.8) is 0 Å². The molecule has 10 heavy (non-hydrogen) atoms. The van der Waals surface area contributed by atoms with Gasteiger partial charge in [-0.25, -0.2) is 14.5 Å². The lowest BCUT2D eigenvalue weighted by Crippen LogP contribution is -2.40. The second-order valence-electron chi connectivity index (χ2n) is 2.13. The molecule has 0 saturated carbocycles. The zero-order chi connectivity index (χ0) is 7.72. The number of rotatable bonds is 0. The first-order valence-corrected chi connectivity index (χ1v) is 2.88. The van der Waals surface area contributed by atoms with Crippen molar-refractivity contribution >= 4 is 12.1 Å². The van der Waals surface area contributed by atoms with E-state index in [4.69, 9.17) is 5.73 Å². The molecule has 56 valence electrons. The van der Waals surface area contributed by atoms with Crippen LogP contribution in [0.15, 0.2) is 0 Å². The molecule has 0 aromatic rings. The first-order valence-electron chi connectivity index (χ1n) is 2.88. The minimum absolute atomic E-state index is 0.231. The van der Waals surface area contributed by atoms with Crippen LogP contribution in [0.5, 0.6) is 0 Å². The molecule has 1 saturated heterocycles. The van der Waals surface area contributed by atoms with Crippen LogP contribution in [0.2, 0.25) is 0 Å². The highest BCUT2D eigenvalue weighted by Gasteiger charge is 2.33. The number of imide groups is 1. The fourth-order valence-corrected chi connectivity index (χ4v) is 0.823. The molecule has 0 aromatic heterocycles. The quantitative estimate of drug-likeness (QED) is 0.516. The van der Waals surface area contributed by atoms with Gasteiger partial charge in [-0.05, 0) is 6.92 Å². The third kappa shape index (κ3) is 0.896. The van der Waals surface area contributed by atoms with E-state index >= 15 is 0 Å². The Hall–Kier alpha value is -1.26. The van der Waals surface area contributed by atoms with Gasteiger partial charge >= 0.3 is 12.1 Å². The molecule has 0 aliphatic carbocycles. The third-order valence-electron chi connectivity index (χ3n) is 1.32. The van der Waals surface area contributed by atoms with E-state index in [0.717, 1.165) is 4.90 Å². The monoisotopic (exact) mass is 144 g/mol. The largest absolute Gasteiger partial charge is 0.447 e. The first-order chi connectivity index (χ1) is 4.63. The van der Waals surface area contributed by atoms with Gasteiger partial charge in [-0.1, -0.05) is 0 Å². The Morgan fingerprint density at radius 1 is 1.90 bits per heavy atom. The lowest BCUT2D eigenvalue weighted by Gasteiger charge is -2.11. The first kappa shape index (κ1) is 6.85. The number of carbonyl (C=O) groups is 2. The maximum atomic E-state index is 10.6. The predicted octanol–water partition coefficient (Wildman–Crippen LogP) is -0.0942. The number of nitrogens with two attached hydrogens (primary N) is 1. The molecule has 0 spiro atoms. The molecule has 1 atom stereocenters. The van der Waals surface area contributed by atoms with Crippen molar-refractivity contribution in [1.82, 2.24) is 4.90 Å². The summed E-state index contributed by atoms with van der Waals surface area (Å²) in [5.41, 5.74) is 4.86. The van der Waals surface area contributed by atoms with E-state index < -0.39 is 12.1 Å². The van der Waals surface area contributed by atoms with Gasteiger partial charge in [0.15, 0.2) is 0 Å². The number of amides is 3. The summed E-state index contributed by atoms with van der Waals surface area (Å²) in [7, 11) is 0. The van der Waals surface area contributed by atoms with Crippen LogP contribution in [0, 0.1) is 0 Å². The Labute approximate surface area is 57.7 Å². The molecule has 1 unspecified atom stereocenters. The molecule has 1 heterocycles. The molecule has 3 amide bonds. The van der Waals surface area contributed by atoms with Gasteiger partial charge in [-0.15, -0.1) is 0 Å². The van der Waals surface area contributed by atoms with Crippen molar-refractivity contribution < 1.29 is 14.3 Å². The second-order valence-corrected chi connectivity index (χ2v) is 2.13. The van der Waals surface area contributed by atoms with Crippen LogP contribution < -0.4 is 5.73 Å². The molecule has 5 heteroatoms. The summed E-state index contributed by atoms with van der Waals surface area (Å²) >= 11 is 0. The van der Waals surface area contributed by atoms with E-state index in [-0.39, 0.29) is 12.6 Å². The number of primary amides is 1. The van der Waals surface area contributed by atoms with Crippen LogP contribution in [-0.4, -0.2) is 29.7 Å². The summed E-state index contributed by atoms with van der Waals surface area (Å²) in [5.74, 6) is 0. The van der Waals surface area contributed by atoms with Gasteiger partial charge in [0.1, 0.15) is 6.61 Å². The van der Waals surface area contributed by atoms with Gasteiger partial charge in [0, 0.05) is 0 Å². The highest BCUT2D eigenvalue weighted by Crippen LogP contribution is 2.09. The molecule has 0 bridgehead atoms. The summed E-state index contributed by atoms with van der Waals surface area (Å²) in [4.78, 5) is 22.0. The van der Waals surface area contributed by atoms with E-state index in [1.54, 1.807) is 6.92 Å². The van der Waals surface area contributed by atoms with Crippen LogP contribution in [0.4, 0.5) is 9.59 Å². The van der Waals surface area contributed by atoms with Crippen molar-refractivity contribution in [1.29, 1.82) is 0 Å². The summed E-state index contributed by atoms with van der Waals surface area (Å²) in [6.07, 6.45) is -0.653. The zero-order valence-electron chi connectivity index (χ0n) is 5.53. The molecule has 1 aliphatic heterocycles. The van der Waals surface area contributed by atoms with Crippen LogP contribution in [0.3, 0.4) is 0 Å². The van der Waals surface area contributed by atoms with Crippen LogP contribution in [-0.2, 0) is 4.74 Å². The number of nitrogens with zero attached hydrogens (tertiary/aromatic N) is 1. The van der Waals surface area contributed by atoms with Crippen LogP contribution >= 0.6 is 0 Å². The minimum Gasteiger partial charge on any atom is -0.447 e. The average Bonchev–Trinajstić information content (AvgIpc) is 2.11. The Balaban J connectivity index is 2.72. The Morgan fingerprint density at radius 2 is 2.50 bits per heavy atom. The minimum atomic E-state index is -0.755. The molecule has 0 aromatic carbocycles. The van der Waals surface area contributed by atoms with Crippen molar-refractivity contribution in [3.05, 3.63) is 0 Å². The maximum Gasteiger partial charge on any atom is 0.418 e. The lowest BCUT2D eigenvalue weighted by molar-refractivity contribution is 0.160. The van der Waals surface area contributed by atoms with Gasteiger partial charge in [0.25, 0.3) is 0 Å². The topological polar surface area (TPSA) is 72.6 Å². The van der Waals surface area contributed by atoms with E-state index in [0.29, 0.717) is 0 Å². The number of cyclic esters (lactones) is 1. The summed E-state index contributed by atoms with van der Waals surface area (Å²) in [6.45, 7) is 1.93. The molecular weight excluding hydrogens is 136 g/mol. The molecule has 2 N–H and O–H groups in total. The van der Waals surface area contributed by atoms with Crippen molar-refractivity contribution in [2.45, 2.75) is 13.0 Å². The van der Waals surface area contributed by atoms with Gasteiger partial charge in [-0.2, -0.15) is 0 Å². The summed E-state index contributed by atoms with van der Waals surface area (Å²) in [5, 5.41) is 0. The highest BCUT2D eigenvalue weighted by molar-refractivity contribution is 5.91. The predicted molar refractivity (Wildman–Crippen MR) is 32.2 cm³/mol. The van der Waals surface area contributed by atoms with Crippen molar-refractivity contribution in [2.24, 2.45) is 5.73 Å². The fraction of sp³-hybridized carbons (Fsp3) is 0.600. The molecule has 1 aliphatic rings. The average molecular weight is 144 g/mol. The number of hydrogen-bond donors (Lipinski definition) is 1. The van der Waals surface area contributed by atoms with Gasteiger partial charge in [0.2, 0.25) is 0 Å². The van der Waals surface area contributed by atoms with Crippen molar-refractivity contribution in [2.75, 3.05) is 6.61 Å². The number of urea groups is 1. The van der Waals surface area contributed by atoms with Gasteiger partial charge in [0.05, 0.1) is 6.04 Å². The normalized spacial score (nSPS) is 24.7. The second kappa shape index (κ2) is 2.17. The Morgan fingerprint density at radius 3 is 2.70 bits per heavy atom. The number of hydrogen-bond acceptors (Lipinski definition) is 3. The number of ether oxygens (including phenoxy) is 1. The van der Waals surface area contributed by atoms with E-state index in [9.17, 15) is 9.59 Å². The van der Waals surface area contributed by atoms with Crippen LogP contribution in [0.25, 0.3) is 0 Å². The lowest BCUT2D eigenvalue weighted by atomic mass is 10.3. The molecule has 5 nitrogen and oxygen atoms in total. The smallest absolute Gasteiger partial charge is 0.418 e. The Kier molecular flexibility index (Phi) is 1.48. The van der Waals surface area contributed by atoms with E-state index in [1.807, 2.05) is 0 Å². The van der Waals surface area contributed by atoms with Gasteiger partial charge in [-0.3, -0.25) is 0 Å². The third-order valence-corrected chi connectivity index (χ3v) is 1.32. The summed E-state index contributed by atoms with van der Waals surface area (Å²) < 4.78 is 4.53. The molecule has 0 radical (unpaired) electrons. The SMILES string of the molecule is CC1COC(=O)N1C(N)=O. The Bertz CT molecular complexity index is 180. The molecular formula is C5H8N2O3. The van der Waals surface area contributed by atoms with E-state index in [2.05, 4.69) is 4.74 Å². The van der Waals surface area contributed by atoms with Gasteiger partial charge < -0.3 is 10.5 Å². The fourth-order valence-electron chi connectivity index (χ4n) is 0.823. The van der Waals surface area contributed by atoms with Crippen molar-refractivity contribution in [3.8, 4) is 0 Å². The molecule has 1 fully saturated rings. The van der Waals surface area contributed by atoms with E-state index in [1.165, 1.54) is 0 Å². The molecule has 1 rings (SSSR count). The zero-order valence-corrected chi connectivity index (χ0v) is 5.53.